The Balaban J connectivity index is 0.000000262. The summed E-state index contributed by atoms with van der Waals surface area (Å²) < 4.78 is 4.31. The quantitative estimate of drug-likeness (QED) is 0.552. The van der Waals surface area contributed by atoms with Gasteiger partial charge >= 0.3 is 5.97 Å². The number of ketones is 1. The van der Waals surface area contributed by atoms with E-state index in [0.29, 0.717) is 0 Å². The van der Waals surface area contributed by atoms with Gasteiger partial charge in [-0.05, 0) is 13.8 Å². The van der Waals surface area contributed by atoms with Crippen LogP contribution in [0.5, 0.6) is 0 Å². The molecule has 0 radical (unpaired) electrons. The number of rotatable bonds is 2. The van der Waals surface area contributed by atoms with Gasteiger partial charge < -0.3 is 4.74 Å². The van der Waals surface area contributed by atoms with E-state index in [2.05, 4.69) is 23.8 Å². The summed E-state index contributed by atoms with van der Waals surface area (Å²) >= 11 is 0. The largest absolute Gasteiger partial charge is 0.460 e. The van der Waals surface area contributed by atoms with Crippen LogP contribution < -0.4 is 0 Å². The maximum atomic E-state index is 10.2. The lowest BCUT2D eigenvalue weighted by molar-refractivity contribution is -0.152. The molecule has 15 heavy (non-hydrogen) atoms. The third kappa shape index (κ3) is 7.43. The molecule has 0 aliphatic rings. The Bertz CT molecular complexity index is 304. The minimum atomic E-state index is -0.757. The van der Waals surface area contributed by atoms with E-state index in [0.717, 1.165) is 0 Å². The summed E-state index contributed by atoms with van der Waals surface area (Å²) in [5, 5.41) is 0. The number of benzene rings is 1. The number of Topliss-reactive ketones (excluding diaryl/α,β-unsaturated/α-hetero) is 1. The fourth-order valence-corrected chi connectivity index (χ4v) is 0.767. The van der Waals surface area contributed by atoms with Gasteiger partial charge in [-0.1, -0.05) is 35.9 Å². The summed E-state index contributed by atoms with van der Waals surface area (Å²) in [5.41, 5.74) is 1.32. The zero-order valence-corrected chi connectivity index (χ0v) is 9.32. The maximum absolute atomic E-state index is 10.2. The molecule has 0 aliphatic carbocycles. The van der Waals surface area contributed by atoms with Crippen molar-refractivity contribution in [3.05, 3.63) is 35.9 Å². The zero-order chi connectivity index (χ0) is 11.7. The first-order valence-corrected chi connectivity index (χ1v) is 4.77. The summed E-state index contributed by atoms with van der Waals surface area (Å²) in [6.45, 7) is 5.18. The molecule has 0 spiro atoms. The molecule has 0 unspecified atom stereocenters. The van der Waals surface area contributed by atoms with Gasteiger partial charge in [0.05, 0.1) is 6.61 Å². The van der Waals surface area contributed by atoms with E-state index in [1.807, 2.05) is 18.2 Å². The van der Waals surface area contributed by atoms with Gasteiger partial charge in [0.1, 0.15) is 0 Å². The predicted octanol–water partition coefficient (Wildman–Crippen LogP) is 2.13. The molecular formula is C12H16O3. The molecule has 0 saturated carbocycles. The number of hydrogen-bond donors (Lipinski definition) is 0. The monoisotopic (exact) mass is 208 g/mol. The van der Waals surface area contributed by atoms with Crippen LogP contribution >= 0.6 is 0 Å². The van der Waals surface area contributed by atoms with Crippen molar-refractivity contribution in [2.24, 2.45) is 0 Å². The SMILES string of the molecule is CCOC(=O)C(C)=O.Cc1ccccc1. The second-order valence-corrected chi connectivity index (χ2v) is 2.93. The van der Waals surface area contributed by atoms with E-state index >= 15 is 0 Å². The highest BCUT2D eigenvalue weighted by molar-refractivity contribution is 6.32. The Hall–Kier alpha value is -1.64. The van der Waals surface area contributed by atoms with Crippen LogP contribution in [0.2, 0.25) is 0 Å². The van der Waals surface area contributed by atoms with Crippen LogP contribution in [0.4, 0.5) is 0 Å². The van der Waals surface area contributed by atoms with E-state index in [9.17, 15) is 9.59 Å². The third-order valence-electron chi connectivity index (χ3n) is 1.50. The maximum Gasteiger partial charge on any atom is 0.374 e. The summed E-state index contributed by atoms with van der Waals surface area (Å²) in [7, 11) is 0. The molecular weight excluding hydrogens is 192 g/mol. The summed E-state index contributed by atoms with van der Waals surface area (Å²) in [6, 6.07) is 10.3. The molecule has 0 aromatic heterocycles. The first-order chi connectivity index (χ1) is 7.07. The summed E-state index contributed by atoms with van der Waals surface area (Å²) in [5.74, 6) is -1.31. The number of carbonyl (C=O) groups is 2. The van der Waals surface area contributed by atoms with Crippen molar-refractivity contribution in [1.82, 2.24) is 0 Å². The topological polar surface area (TPSA) is 43.4 Å². The van der Waals surface area contributed by atoms with Crippen LogP contribution in [0, 0.1) is 6.92 Å². The van der Waals surface area contributed by atoms with E-state index in [-0.39, 0.29) is 6.61 Å². The lowest BCUT2D eigenvalue weighted by Gasteiger charge is -1.93. The molecule has 0 saturated heterocycles. The molecule has 0 bridgehead atoms. The van der Waals surface area contributed by atoms with Gasteiger partial charge in [0.15, 0.2) is 0 Å². The fraction of sp³-hybridized carbons (Fsp3) is 0.333. The average Bonchev–Trinajstić information content (AvgIpc) is 2.20. The minimum Gasteiger partial charge on any atom is -0.460 e. The molecule has 0 atom stereocenters. The van der Waals surface area contributed by atoms with Crippen molar-refractivity contribution in [3.63, 3.8) is 0 Å². The molecule has 1 aromatic rings. The van der Waals surface area contributed by atoms with Crippen molar-refractivity contribution in [3.8, 4) is 0 Å². The van der Waals surface area contributed by atoms with E-state index < -0.39 is 11.8 Å². The zero-order valence-electron chi connectivity index (χ0n) is 9.32. The molecule has 1 aromatic carbocycles. The van der Waals surface area contributed by atoms with Gasteiger partial charge in [-0.25, -0.2) is 4.79 Å². The Morgan fingerprint density at radius 2 is 1.73 bits per heavy atom. The molecule has 1 rings (SSSR count). The highest BCUT2D eigenvalue weighted by Gasteiger charge is 2.05. The number of aryl methyl sites for hydroxylation is 1. The first-order valence-electron chi connectivity index (χ1n) is 4.77. The molecule has 3 heteroatoms. The van der Waals surface area contributed by atoms with Crippen LogP contribution in [0.25, 0.3) is 0 Å². The number of hydrogen-bond acceptors (Lipinski definition) is 3. The Morgan fingerprint density at radius 3 is 1.93 bits per heavy atom. The Morgan fingerprint density at radius 1 is 1.20 bits per heavy atom. The second-order valence-electron chi connectivity index (χ2n) is 2.93. The predicted molar refractivity (Wildman–Crippen MR) is 58.5 cm³/mol. The Labute approximate surface area is 90.1 Å². The van der Waals surface area contributed by atoms with E-state index in [4.69, 9.17) is 0 Å². The average molecular weight is 208 g/mol. The standard InChI is InChI=1S/C7H8.C5H8O3/c1-7-5-3-2-4-6-7;1-3-8-5(7)4(2)6/h2-6H,1H3;3H2,1-2H3. The molecule has 0 heterocycles. The van der Waals surface area contributed by atoms with Gasteiger partial charge in [-0.3, -0.25) is 4.79 Å². The van der Waals surface area contributed by atoms with Gasteiger partial charge in [-0.15, -0.1) is 0 Å². The van der Waals surface area contributed by atoms with Crippen LogP contribution in [0.1, 0.15) is 19.4 Å². The molecule has 0 aliphatic heterocycles. The molecule has 0 N–H and O–H groups in total. The van der Waals surface area contributed by atoms with Gasteiger partial charge in [0.25, 0.3) is 0 Å². The fourth-order valence-electron chi connectivity index (χ4n) is 0.767. The normalized spacial score (nSPS) is 8.47. The van der Waals surface area contributed by atoms with Crippen molar-refractivity contribution >= 4 is 11.8 Å². The second kappa shape index (κ2) is 7.74. The summed E-state index contributed by atoms with van der Waals surface area (Å²) in [4.78, 5) is 20.2. The smallest absolute Gasteiger partial charge is 0.374 e. The van der Waals surface area contributed by atoms with Crippen molar-refractivity contribution in [2.75, 3.05) is 6.61 Å². The van der Waals surface area contributed by atoms with Crippen LogP contribution in [-0.2, 0) is 14.3 Å². The van der Waals surface area contributed by atoms with Gasteiger partial charge in [0, 0.05) is 6.92 Å². The van der Waals surface area contributed by atoms with Crippen LogP contribution in [0.15, 0.2) is 30.3 Å². The van der Waals surface area contributed by atoms with Gasteiger partial charge in [0.2, 0.25) is 5.78 Å². The molecule has 82 valence electrons. The highest BCUT2D eigenvalue weighted by Crippen LogP contribution is 1.92. The summed E-state index contributed by atoms with van der Waals surface area (Å²) in [6.07, 6.45) is 0. The van der Waals surface area contributed by atoms with Crippen LogP contribution in [0.3, 0.4) is 0 Å². The van der Waals surface area contributed by atoms with E-state index in [1.165, 1.54) is 12.5 Å². The highest BCUT2D eigenvalue weighted by atomic mass is 16.5. The van der Waals surface area contributed by atoms with Crippen molar-refractivity contribution in [1.29, 1.82) is 0 Å². The molecule has 3 nitrogen and oxygen atoms in total. The molecule has 0 fully saturated rings. The van der Waals surface area contributed by atoms with Crippen LogP contribution in [-0.4, -0.2) is 18.4 Å². The van der Waals surface area contributed by atoms with Crippen molar-refractivity contribution in [2.45, 2.75) is 20.8 Å². The molecule has 0 amide bonds. The number of ether oxygens (including phenoxy) is 1. The minimum absolute atomic E-state index is 0.262. The van der Waals surface area contributed by atoms with Gasteiger partial charge in [-0.2, -0.15) is 0 Å². The lowest BCUT2D eigenvalue weighted by Crippen LogP contribution is -2.12. The third-order valence-corrected chi connectivity index (χ3v) is 1.50. The van der Waals surface area contributed by atoms with E-state index in [1.54, 1.807) is 6.92 Å². The first kappa shape index (κ1) is 13.4. The van der Waals surface area contributed by atoms with Crippen molar-refractivity contribution < 1.29 is 14.3 Å². The lowest BCUT2D eigenvalue weighted by atomic mass is 10.2. The number of carbonyl (C=O) groups excluding carboxylic acids is 2. The number of esters is 1. The Kier molecular flexibility index (Phi) is 6.89.